The van der Waals surface area contributed by atoms with Crippen LogP contribution in [0, 0.1) is 0 Å². The molecular weight excluding hydrogens is 474 g/mol. The van der Waals surface area contributed by atoms with E-state index in [1.807, 2.05) is 10.7 Å². The van der Waals surface area contributed by atoms with Crippen molar-refractivity contribution in [2.24, 2.45) is 0 Å². The Morgan fingerprint density at radius 1 is 1.11 bits per heavy atom. The molecule has 2 aromatic carbocycles. The minimum absolute atomic E-state index is 0.181. The lowest BCUT2D eigenvalue weighted by Gasteiger charge is -2.18. The molecule has 0 radical (unpaired) electrons. The normalized spacial score (nSPS) is 25.2. The van der Waals surface area contributed by atoms with Gasteiger partial charge in [-0.2, -0.15) is 0 Å². The smallest absolute Gasteiger partial charge is 0.319 e. The number of benzene rings is 2. The van der Waals surface area contributed by atoms with Crippen molar-refractivity contribution in [2.45, 2.75) is 43.7 Å². The van der Waals surface area contributed by atoms with Crippen LogP contribution < -0.4 is 20.3 Å². The number of nitrogens with zero attached hydrogens (tertiary/aromatic N) is 4. The molecule has 0 aliphatic carbocycles. The number of fused-ring (bicyclic) bond motifs is 1. The second kappa shape index (κ2) is 10.4. The van der Waals surface area contributed by atoms with Crippen molar-refractivity contribution in [2.75, 3.05) is 38.7 Å². The third kappa shape index (κ3) is 5.02. The molecule has 6 rings (SSSR count). The Hall–Kier alpha value is -3.54. The Balaban J connectivity index is 1.11. The van der Waals surface area contributed by atoms with Gasteiger partial charge in [0.25, 0.3) is 0 Å². The summed E-state index contributed by atoms with van der Waals surface area (Å²) < 4.78 is 19.2. The van der Waals surface area contributed by atoms with Gasteiger partial charge in [-0.15, -0.1) is 5.10 Å². The van der Waals surface area contributed by atoms with Crippen molar-refractivity contribution in [1.29, 1.82) is 0 Å². The third-order valence-electron chi connectivity index (χ3n) is 7.45. The van der Waals surface area contributed by atoms with E-state index < -0.39 is 0 Å². The van der Waals surface area contributed by atoms with Gasteiger partial charge in [0.1, 0.15) is 30.5 Å². The van der Waals surface area contributed by atoms with Gasteiger partial charge in [-0.05, 0) is 40.8 Å². The number of carbonyl (C=O) groups excluding carboxylic acids is 1. The summed E-state index contributed by atoms with van der Waals surface area (Å²) in [6.07, 6.45) is 2.06. The third-order valence-corrected chi connectivity index (χ3v) is 7.45. The van der Waals surface area contributed by atoms with Gasteiger partial charge in [-0.1, -0.05) is 18.2 Å². The lowest BCUT2D eigenvalue weighted by atomic mass is 10.1. The Bertz CT molecular complexity index is 1230. The summed E-state index contributed by atoms with van der Waals surface area (Å²) in [7, 11) is 1.60. The maximum atomic E-state index is 12.6. The molecule has 3 aliphatic rings. The monoisotopic (exact) mass is 506 g/mol. The molecule has 37 heavy (non-hydrogen) atoms. The number of hydrogen-bond acceptors (Lipinski definition) is 7. The van der Waals surface area contributed by atoms with E-state index in [-0.39, 0.29) is 30.3 Å². The van der Waals surface area contributed by atoms with E-state index in [2.05, 4.69) is 44.4 Å². The lowest BCUT2D eigenvalue weighted by molar-refractivity contribution is -0.901. The Morgan fingerprint density at radius 2 is 1.92 bits per heavy atom. The van der Waals surface area contributed by atoms with E-state index in [9.17, 15) is 4.79 Å². The van der Waals surface area contributed by atoms with E-state index in [1.165, 1.54) is 31.5 Å². The van der Waals surface area contributed by atoms with Gasteiger partial charge in [-0.3, -0.25) is 0 Å². The number of rotatable bonds is 7. The number of nitrogens with one attached hydrogen (secondary N) is 3. The van der Waals surface area contributed by atoms with Crippen molar-refractivity contribution >= 4 is 11.7 Å². The van der Waals surface area contributed by atoms with Gasteiger partial charge < -0.3 is 29.7 Å². The highest BCUT2D eigenvalue weighted by atomic mass is 16.6. The molecule has 3 aromatic rings. The number of hydrogen-bond donors (Lipinski definition) is 3. The van der Waals surface area contributed by atoms with Gasteiger partial charge in [0.15, 0.2) is 5.82 Å². The zero-order valence-electron chi connectivity index (χ0n) is 20.8. The maximum absolute atomic E-state index is 12.6. The van der Waals surface area contributed by atoms with Crippen molar-refractivity contribution in [3.05, 3.63) is 54.1 Å². The second-order valence-electron chi connectivity index (χ2n) is 9.88. The molecular formula is C26H32N7O4+. The number of tetrazole rings is 1. The summed E-state index contributed by atoms with van der Waals surface area (Å²) in [5, 5.41) is 18.5. The van der Waals surface area contributed by atoms with Crippen LogP contribution >= 0.6 is 0 Å². The number of quaternary nitrogens is 1. The summed E-state index contributed by atoms with van der Waals surface area (Å²) in [6, 6.07) is 14.9. The van der Waals surface area contributed by atoms with E-state index >= 15 is 0 Å². The molecule has 11 heteroatoms. The molecule has 3 aliphatic heterocycles. The quantitative estimate of drug-likeness (QED) is 0.439. The highest BCUT2D eigenvalue weighted by Gasteiger charge is 2.50. The molecule has 4 heterocycles. The van der Waals surface area contributed by atoms with E-state index in [4.69, 9.17) is 14.2 Å². The molecule has 0 spiro atoms. The largest absolute Gasteiger partial charge is 0.497 e. The number of likely N-dealkylation sites (tertiary alicyclic amines) is 1. The maximum Gasteiger partial charge on any atom is 0.319 e. The fraction of sp³-hybridized carbons (Fsp3) is 0.462. The van der Waals surface area contributed by atoms with Gasteiger partial charge in [0.05, 0.1) is 39.5 Å². The summed E-state index contributed by atoms with van der Waals surface area (Å²) in [5.41, 5.74) is 2.94. The van der Waals surface area contributed by atoms with Crippen LogP contribution in [0.4, 0.5) is 10.5 Å². The van der Waals surface area contributed by atoms with Gasteiger partial charge in [0, 0.05) is 29.7 Å². The Morgan fingerprint density at radius 3 is 2.73 bits per heavy atom. The summed E-state index contributed by atoms with van der Waals surface area (Å²) in [5.74, 6) is 1.43. The molecule has 0 unspecified atom stereocenters. The molecule has 194 valence electrons. The topological polar surface area (TPSA) is 117 Å². The van der Waals surface area contributed by atoms with Gasteiger partial charge in [-0.25, -0.2) is 9.48 Å². The number of aromatic nitrogens is 4. The van der Waals surface area contributed by atoms with Crippen molar-refractivity contribution in [1.82, 2.24) is 25.5 Å². The van der Waals surface area contributed by atoms with Crippen LogP contribution in [-0.2, 0) is 16.0 Å². The number of carbonyl (C=O) groups is 1. The molecule has 1 aromatic heterocycles. The van der Waals surface area contributed by atoms with Crippen molar-refractivity contribution in [3.63, 3.8) is 0 Å². The molecule has 0 bridgehead atoms. The van der Waals surface area contributed by atoms with Crippen molar-refractivity contribution < 1.29 is 23.9 Å². The van der Waals surface area contributed by atoms with Crippen LogP contribution in [0.3, 0.4) is 0 Å². The minimum Gasteiger partial charge on any atom is -0.497 e. The lowest BCUT2D eigenvalue weighted by Crippen LogP contribution is -3.08. The SMILES string of the molecule is COc1ccc(NC(=O)N[C@H]2CO[C@H]3[C@@H]2OC[C@@H]3n2nnnc2-c2cccc(C[NH+]3CCCC3)c2)cc1. The van der Waals surface area contributed by atoms with Crippen LogP contribution in [-0.4, -0.2) is 77.9 Å². The van der Waals surface area contributed by atoms with E-state index in [0.717, 1.165) is 17.9 Å². The number of urea groups is 1. The van der Waals surface area contributed by atoms with Crippen LogP contribution in [0.2, 0.25) is 0 Å². The van der Waals surface area contributed by atoms with Crippen LogP contribution in [0.5, 0.6) is 5.75 Å². The molecule has 11 nitrogen and oxygen atoms in total. The number of amides is 2. The first kappa shape index (κ1) is 23.8. The molecule has 3 N–H and O–H groups in total. The summed E-state index contributed by atoms with van der Waals surface area (Å²) in [4.78, 5) is 14.2. The van der Waals surface area contributed by atoms with E-state index in [0.29, 0.717) is 24.7 Å². The van der Waals surface area contributed by atoms with Crippen LogP contribution in [0.1, 0.15) is 24.4 Å². The average Bonchev–Trinajstić information content (AvgIpc) is 3.71. The number of anilines is 1. The summed E-state index contributed by atoms with van der Waals surface area (Å²) in [6.45, 7) is 4.24. The molecule has 3 fully saturated rings. The molecule has 0 saturated carbocycles. The second-order valence-corrected chi connectivity index (χ2v) is 9.88. The van der Waals surface area contributed by atoms with Crippen molar-refractivity contribution in [3.8, 4) is 17.1 Å². The predicted octanol–water partition coefficient (Wildman–Crippen LogP) is 1.06. The number of ether oxygens (including phenoxy) is 3. The zero-order valence-corrected chi connectivity index (χ0v) is 20.8. The minimum atomic E-state index is -0.313. The average molecular weight is 507 g/mol. The Labute approximate surface area is 215 Å². The highest BCUT2D eigenvalue weighted by Crippen LogP contribution is 2.35. The fourth-order valence-corrected chi connectivity index (χ4v) is 5.59. The molecule has 2 amide bonds. The van der Waals surface area contributed by atoms with Crippen LogP contribution in [0.15, 0.2) is 48.5 Å². The molecule has 4 atom stereocenters. The first-order valence-corrected chi connectivity index (χ1v) is 12.8. The first-order valence-electron chi connectivity index (χ1n) is 12.8. The first-order chi connectivity index (χ1) is 18.2. The standard InChI is InChI=1S/C26H31N7O4/c1-35-20-9-7-19(8-10-20)27-26(34)28-21-15-36-24-22(16-37-23(21)24)33-25(29-30-31-33)18-6-4-5-17(13-18)14-32-11-2-3-12-32/h4-10,13,21-24H,2-3,11-12,14-16H2,1H3,(H2,27,28,34)/p+1/t21-,22-,23+,24+/m0/s1. The Kier molecular flexibility index (Phi) is 6.73. The molecule has 3 saturated heterocycles. The predicted molar refractivity (Wildman–Crippen MR) is 134 cm³/mol. The number of methoxy groups -OCH3 is 1. The van der Waals surface area contributed by atoms with Crippen LogP contribution in [0.25, 0.3) is 11.4 Å². The van der Waals surface area contributed by atoms with Gasteiger partial charge in [0.2, 0.25) is 0 Å². The zero-order chi connectivity index (χ0) is 25.2. The van der Waals surface area contributed by atoms with E-state index in [1.54, 1.807) is 36.3 Å². The van der Waals surface area contributed by atoms with Gasteiger partial charge >= 0.3 is 6.03 Å². The fourth-order valence-electron chi connectivity index (χ4n) is 5.59. The highest BCUT2D eigenvalue weighted by molar-refractivity contribution is 5.89. The summed E-state index contributed by atoms with van der Waals surface area (Å²) >= 11 is 0.